The monoisotopic (exact) mass is 350 g/mol. The number of nitrogens with one attached hydrogen (secondary N) is 1. The molecule has 1 saturated carbocycles. The SMILES string of the molecule is O=C(O)C1CCC(NC(=O)N2CCOC(c3ccccc3F)C2)CC1. The topological polar surface area (TPSA) is 78.9 Å². The predicted molar refractivity (Wildman–Crippen MR) is 88.6 cm³/mol. The summed E-state index contributed by atoms with van der Waals surface area (Å²) < 4.78 is 19.6. The van der Waals surface area contributed by atoms with Crippen LogP contribution in [0.1, 0.15) is 37.4 Å². The van der Waals surface area contributed by atoms with E-state index in [0.29, 0.717) is 50.9 Å². The lowest BCUT2D eigenvalue weighted by Crippen LogP contribution is -2.50. The lowest BCUT2D eigenvalue weighted by Gasteiger charge is -2.35. The highest BCUT2D eigenvalue weighted by Crippen LogP contribution is 2.26. The van der Waals surface area contributed by atoms with Crippen molar-refractivity contribution >= 4 is 12.0 Å². The van der Waals surface area contributed by atoms with E-state index in [1.807, 2.05) is 0 Å². The Bertz CT molecular complexity index is 631. The number of amides is 2. The Kier molecular flexibility index (Phi) is 5.53. The summed E-state index contributed by atoms with van der Waals surface area (Å²) in [6, 6.07) is 6.25. The molecule has 1 aliphatic carbocycles. The number of carbonyl (C=O) groups excluding carboxylic acids is 1. The van der Waals surface area contributed by atoms with Crippen LogP contribution in [0.5, 0.6) is 0 Å². The highest BCUT2D eigenvalue weighted by Gasteiger charge is 2.30. The Morgan fingerprint density at radius 2 is 1.92 bits per heavy atom. The Morgan fingerprint density at radius 3 is 2.60 bits per heavy atom. The molecular formula is C18H23FN2O4. The van der Waals surface area contributed by atoms with Gasteiger partial charge in [-0.25, -0.2) is 9.18 Å². The highest BCUT2D eigenvalue weighted by atomic mass is 19.1. The number of hydrogen-bond donors (Lipinski definition) is 2. The van der Waals surface area contributed by atoms with E-state index in [-0.39, 0.29) is 23.8 Å². The van der Waals surface area contributed by atoms with Gasteiger partial charge in [-0.1, -0.05) is 18.2 Å². The molecule has 1 aliphatic heterocycles. The number of benzene rings is 1. The van der Waals surface area contributed by atoms with Crippen molar-refractivity contribution in [1.82, 2.24) is 10.2 Å². The van der Waals surface area contributed by atoms with E-state index in [0.717, 1.165) is 0 Å². The average Bonchev–Trinajstić information content (AvgIpc) is 2.62. The van der Waals surface area contributed by atoms with Crippen LogP contribution in [-0.2, 0) is 9.53 Å². The lowest BCUT2D eigenvalue weighted by atomic mass is 9.86. The molecule has 2 aliphatic rings. The van der Waals surface area contributed by atoms with Gasteiger partial charge in [-0.2, -0.15) is 0 Å². The van der Waals surface area contributed by atoms with E-state index in [1.54, 1.807) is 23.1 Å². The van der Waals surface area contributed by atoms with E-state index in [1.165, 1.54) is 6.07 Å². The normalized spacial score (nSPS) is 26.9. The molecule has 1 aromatic rings. The Hall–Kier alpha value is -2.15. The first-order valence-corrected chi connectivity index (χ1v) is 8.69. The van der Waals surface area contributed by atoms with Gasteiger partial charge in [0.05, 0.1) is 19.1 Å². The van der Waals surface area contributed by atoms with Crippen LogP contribution in [-0.4, -0.2) is 47.7 Å². The van der Waals surface area contributed by atoms with Crippen molar-refractivity contribution in [2.24, 2.45) is 5.92 Å². The molecule has 6 nitrogen and oxygen atoms in total. The first-order chi connectivity index (χ1) is 12.0. The highest BCUT2D eigenvalue weighted by molar-refractivity contribution is 5.75. The van der Waals surface area contributed by atoms with Crippen LogP contribution >= 0.6 is 0 Å². The number of morpholine rings is 1. The van der Waals surface area contributed by atoms with Gasteiger partial charge in [-0.05, 0) is 31.7 Å². The van der Waals surface area contributed by atoms with Crippen molar-refractivity contribution in [2.45, 2.75) is 37.8 Å². The second kappa shape index (κ2) is 7.82. The summed E-state index contributed by atoms with van der Waals surface area (Å²) in [6.07, 6.45) is 2.04. The largest absolute Gasteiger partial charge is 0.481 e. The van der Waals surface area contributed by atoms with Gasteiger partial charge in [-0.15, -0.1) is 0 Å². The molecule has 25 heavy (non-hydrogen) atoms. The molecule has 1 saturated heterocycles. The number of urea groups is 1. The number of carbonyl (C=O) groups is 2. The number of halogens is 1. The number of carboxylic acids is 1. The van der Waals surface area contributed by atoms with E-state index in [2.05, 4.69) is 5.32 Å². The van der Waals surface area contributed by atoms with Crippen LogP contribution in [0.15, 0.2) is 24.3 Å². The summed E-state index contributed by atoms with van der Waals surface area (Å²) in [5, 5.41) is 12.0. The number of carboxylic acid groups (broad SMARTS) is 1. The van der Waals surface area contributed by atoms with E-state index in [9.17, 15) is 14.0 Å². The maximum Gasteiger partial charge on any atom is 0.317 e. The van der Waals surface area contributed by atoms with Crippen LogP contribution in [0.25, 0.3) is 0 Å². The molecule has 2 fully saturated rings. The molecular weight excluding hydrogens is 327 g/mol. The molecule has 0 radical (unpaired) electrons. The zero-order chi connectivity index (χ0) is 17.8. The maximum absolute atomic E-state index is 13.9. The molecule has 136 valence electrons. The third kappa shape index (κ3) is 4.28. The summed E-state index contributed by atoms with van der Waals surface area (Å²) in [6.45, 7) is 1.12. The Labute approximate surface area is 146 Å². The van der Waals surface area contributed by atoms with Crippen molar-refractivity contribution in [3.8, 4) is 0 Å². The van der Waals surface area contributed by atoms with Gasteiger partial charge < -0.3 is 20.1 Å². The van der Waals surface area contributed by atoms with E-state index in [4.69, 9.17) is 9.84 Å². The molecule has 2 amide bonds. The second-order valence-corrected chi connectivity index (χ2v) is 6.66. The molecule has 0 spiro atoms. The van der Waals surface area contributed by atoms with Gasteiger partial charge in [0.2, 0.25) is 0 Å². The molecule has 1 heterocycles. The van der Waals surface area contributed by atoms with Gasteiger partial charge >= 0.3 is 12.0 Å². The van der Waals surface area contributed by atoms with Crippen LogP contribution in [0.2, 0.25) is 0 Å². The number of rotatable bonds is 3. The van der Waals surface area contributed by atoms with Crippen LogP contribution in [0.3, 0.4) is 0 Å². The third-order valence-corrected chi connectivity index (χ3v) is 5.01. The van der Waals surface area contributed by atoms with E-state index < -0.39 is 12.1 Å². The number of aliphatic carboxylic acids is 1. The van der Waals surface area contributed by atoms with Gasteiger partial charge in [-0.3, -0.25) is 4.79 Å². The number of nitrogens with zero attached hydrogens (tertiary/aromatic N) is 1. The van der Waals surface area contributed by atoms with Gasteiger partial charge in [0.15, 0.2) is 0 Å². The molecule has 3 rings (SSSR count). The standard InChI is InChI=1S/C18H23FN2O4/c19-15-4-2-1-3-14(15)16-11-21(9-10-25-16)18(24)20-13-7-5-12(6-8-13)17(22)23/h1-4,12-13,16H,5-11H2,(H,20,24)(H,22,23). The first-order valence-electron chi connectivity index (χ1n) is 8.69. The van der Waals surface area contributed by atoms with Crippen molar-refractivity contribution in [3.05, 3.63) is 35.6 Å². The van der Waals surface area contributed by atoms with Crippen molar-refractivity contribution in [1.29, 1.82) is 0 Å². The summed E-state index contributed by atoms with van der Waals surface area (Å²) in [7, 11) is 0. The summed E-state index contributed by atoms with van der Waals surface area (Å²) in [4.78, 5) is 25.1. The fourth-order valence-electron chi connectivity index (χ4n) is 3.51. The van der Waals surface area contributed by atoms with Crippen LogP contribution in [0.4, 0.5) is 9.18 Å². The molecule has 0 aromatic heterocycles. The molecule has 2 N–H and O–H groups in total. The minimum atomic E-state index is -0.759. The van der Waals surface area contributed by atoms with Crippen LogP contribution < -0.4 is 5.32 Å². The smallest absolute Gasteiger partial charge is 0.317 e. The molecule has 1 aromatic carbocycles. The fraction of sp³-hybridized carbons (Fsp3) is 0.556. The Balaban J connectivity index is 1.54. The zero-order valence-corrected chi connectivity index (χ0v) is 14.0. The number of ether oxygens (including phenoxy) is 1. The number of hydrogen-bond acceptors (Lipinski definition) is 3. The zero-order valence-electron chi connectivity index (χ0n) is 14.0. The summed E-state index contributed by atoms with van der Waals surface area (Å²) in [5.74, 6) is -1.39. The van der Waals surface area contributed by atoms with Crippen molar-refractivity contribution in [3.63, 3.8) is 0 Å². The minimum Gasteiger partial charge on any atom is -0.481 e. The average molecular weight is 350 g/mol. The lowest BCUT2D eigenvalue weighted by molar-refractivity contribution is -0.142. The van der Waals surface area contributed by atoms with Crippen LogP contribution in [0, 0.1) is 11.7 Å². The van der Waals surface area contributed by atoms with Crippen molar-refractivity contribution in [2.75, 3.05) is 19.7 Å². The molecule has 7 heteroatoms. The van der Waals surface area contributed by atoms with E-state index >= 15 is 0 Å². The third-order valence-electron chi connectivity index (χ3n) is 5.01. The predicted octanol–water partition coefficient (Wildman–Crippen LogP) is 2.55. The molecule has 1 unspecified atom stereocenters. The second-order valence-electron chi connectivity index (χ2n) is 6.66. The summed E-state index contributed by atoms with van der Waals surface area (Å²) in [5.41, 5.74) is 0.460. The Morgan fingerprint density at radius 1 is 1.20 bits per heavy atom. The van der Waals surface area contributed by atoms with Crippen molar-refractivity contribution < 1.29 is 23.8 Å². The minimum absolute atomic E-state index is 0.00198. The molecule has 0 bridgehead atoms. The van der Waals surface area contributed by atoms with Gasteiger partial charge in [0, 0.05) is 18.2 Å². The maximum atomic E-state index is 13.9. The quantitative estimate of drug-likeness (QED) is 0.878. The molecule has 1 atom stereocenters. The first kappa shape index (κ1) is 17.7. The summed E-state index contributed by atoms with van der Waals surface area (Å²) >= 11 is 0. The van der Waals surface area contributed by atoms with Gasteiger partial charge in [0.1, 0.15) is 11.9 Å². The van der Waals surface area contributed by atoms with Gasteiger partial charge in [0.25, 0.3) is 0 Å². The fourth-order valence-corrected chi connectivity index (χ4v) is 3.51.